The Kier molecular flexibility index (Phi) is 4.65. The van der Waals surface area contributed by atoms with E-state index >= 15 is 0 Å². The largest absolute Gasteiger partial charge is 0.354 e. The van der Waals surface area contributed by atoms with Crippen LogP contribution in [0.2, 0.25) is 0 Å². The number of hydrogen-bond donors (Lipinski definition) is 2. The number of thiol groups is 1. The van der Waals surface area contributed by atoms with E-state index in [1.807, 2.05) is 13.8 Å². The molecule has 0 aliphatic rings. The first-order chi connectivity index (χ1) is 9.51. The molecule has 1 amide bonds. The number of halogens is 1. The number of nitrogens with one attached hydrogen (secondary N) is 1. The van der Waals surface area contributed by atoms with Crippen molar-refractivity contribution in [2.24, 2.45) is 5.92 Å². The topological polar surface area (TPSA) is 46.9 Å². The van der Waals surface area contributed by atoms with Crippen molar-refractivity contribution in [2.45, 2.75) is 26.1 Å². The van der Waals surface area contributed by atoms with Crippen LogP contribution in [0.4, 0.5) is 4.39 Å². The number of benzene rings is 1. The highest BCUT2D eigenvalue weighted by atomic mass is 32.1. The zero-order valence-electron chi connectivity index (χ0n) is 11.6. The summed E-state index contributed by atoms with van der Waals surface area (Å²) in [5, 5.41) is 2.86. The van der Waals surface area contributed by atoms with Gasteiger partial charge in [-0.05, 0) is 18.1 Å². The molecule has 20 heavy (non-hydrogen) atoms. The van der Waals surface area contributed by atoms with E-state index in [0.717, 1.165) is 5.52 Å². The summed E-state index contributed by atoms with van der Waals surface area (Å²) in [4.78, 5) is 16.2. The van der Waals surface area contributed by atoms with Gasteiger partial charge in [0.15, 0.2) is 0 Å². The van der Waals surface area contributed by atoms with Crippen molar-refractivity contribution in [3.8, 4) is 0 Å². The first-order valence-electron chi connectivity index (χ1n) is 6.53. The van der Waals surface area contributed by atoms with Crippen LogP contribution in [0.1, 0.15) is 19.7 Å². The zero-order chi connectivity index (χ0) is 14.7. The first-order valence-corrected chi connectivity index (χ1v) is 7.16. The quantitative estimate of drug-likeness (QED) is 0.832. The van der Waals surface area contributed by atoms with Crippen LogP contribution in [0.3, 0.4) is 0 Å². The van der Waals surface area contributed by atoms with E-state index in [4.69, 9.17) is 0 Å². The molecule has 0 bridgehead atoms. The van der Waals surface area contributed by atoms with Gasteiger partial charge in [-0.15, -0.1) is 0 Å². The molecule has 0 saturated carbocycles. The molecule has 0 fully saturated rings. The van der Waals surface area contributed by atoms with E-state index in [-0.39, 0.29) is 18.3 Å². The van der Waals surface area contributed by atoms with Gasteiger partial charge in [-0.3, -0.25) is 4.79 Å². The fourth-order valence-corrected chi connectivity index (χ4v) is 2.21. The molecule has 0 atom stereocenters. The predicted octanol–water partition coefficient (Wildman–Crippen LogP) is 2.38. The molecule has 0 radical (unpaired) electrons. The van der Waals surface area contributed by atoms with E-state index in [1.54, 1.807) is 10.6 Å². The molecule has 0 spiro atoms. The average molecular weight is 295 g/mol. The van der Waals surface area contributed by atoms with Gasteiger partial charge < -0.3 is 9.88 Å². The maximum Gasteiger partial charge on any atom is 0.240 e. The van der Waals surface area contributed by atoms with Crippen LogP contribution >= 0.6 is 12.6 Å². The van der Waals surface area contributed by atoms with Gasteiger partial charge in [-0.25, -0.2) is 9.37 Å². The summed E-state index contributed by atoms with van der Waals surface area (Å²) in [5.41, 5.74) is 1.29. The lowest BCUT2D eigenvalue weighted by molar-refractivity contribution is -0.121. The van der Waals surface area contributed by atoms with E-state index < -0.39 is 0 Å². The van der Waals surface area contributed by atoms with Crippen LogP contribution in [0.15, 0.2) is 18.2 Å². The third-order valence-corrected chi connectivity index (χ3v) is 3.22. The summed E-state index contributed by atoms with van der Waals surface area (Å²) in [6, 6.07) is 4.37. The Morgan fingerprint density at radius 3 is 2.90 bits per heavy atom. The summed E-state index contributed by atoms with van der Waals surface area (Å²) < 4.78 is 15.0. The molecule has 2 rings (SSSR count). The molecule has 0 unspecified atom stereocenters. The minimum Gasteiger partial charge on any atom is -0.354 e. The summed E-state index contributed by atoms with van der Waals surface area (Å²) in [5.74, 6) is 1.04. The monoisotopic (exact) mass is 295 g/mol. The summed E-state index contributed by atoms with van der Waals surface area (Å²) in [6.45, 7) is 4.88. The molecule has 0 saturated heterocycles. The van der Waals surface area contributed by atoms with Gasteiger partial charge in [0.25, 0.3) is 0 Å². The molecule has 1 aromatic carbocycles. The Labute approximate surface area is 122 Å². The molecule has 2 aromatic rings. The van der Waals surface area contributed by atoms with E-state index in [2.05, 4.69) is 22.9 Å². The van der Waals surface area contributed by atoms with Gasteiger partial charge in [0.05, 0.1) is 11.0 Å². The molecule has 108 valence electrons. The zero-order valence-corrected chi connectivity index (χ0v) is 12.5. The summed E-state index contributed by atoms with van der Waals surface area (Å²) in [7, 11) is 0. The predicted molar refractivity (Wildman–Crippen MR) is 80.2 cm³/mol. The highest BCUT2D eigenvalue weighted by Crippen LogP contribution is 2.18. The molecule has 1 heterocycles. The van der Waals surface area contributed by atoms with Crippen molar-refractivity contribution in [1.29, 1.82) is 0 Å². The average Bonchev–Trinajstić information content (AvgIpc) is 2.73. The maximum absolute atomic E-state index is 13.2. The van der Waals surface area contributed by atoms with Crippen molar-refractivity contribution in [1.82, 2.24) is 14.9 Å². The van der Waals surface area contributed by atoms with Crippen molar-refractivity contribution < 1.29 is 9.18 Å². The van der Waals surface area contributed by atoms with Crippen LogP contribution < -0.4 is 5.32 Å². The maximum atomic E-state index is 13.2. The fraction of sp³-hybridized carbons (Fsp3) is 0.429. The normalized spacial score (nSPS) is 11.2. The van der Waals surface area contributed by atoms with Gasteiger partial charge >= 0.3 is 0 Å². The number of fused-ring (bicyclic) bond motifs is 1. The summed E-state index contributed by atoms with van der Waals surface area (Å²) in [6.07, 6.45) is 0. The number of hydrogen-bond acceptors (Lipinski definition) is 3. The van der Waals surface area contributed by atoms with Gasteiger partial charge in [-0.2, -0.15) is 12.6 Å². The number of imidazole rings is 1. The van der Waals surface area contributed by atoms with Gasteiger partial charge in [0.1, 0.15) is 18.2 Å². The third-order valence-electron chi connectivity index (χ3n) is 2.94. The van der Waals surface area contributed by atoms with Crippen molar-refractivity contribution in [3.05, 3.63) is 29.8 Å². The number of carbonyl (C=O) groups excluding carboxylic acids is 1. The van der Waals surface area contributed by atoms with Crippen molar-refractivity contribution in [2.75, 3.05) is 6.54 Å². The van der Waals surface area contributed by atoms with E-state index in [0.29, 0.717) is 29.6 Å². The smallest absolute Gasteiger partial charge is 0.240 e. The number of amides is 1. The van der Waals surface area contributed by atoms with Gasteiger partial charge in [0, 0.05) is 18.4 Å². The second-order valence-electron chi connectivity index (χ2n) is 5.10. The first kappa shape index (κ1) is 14.8. The fourth-order valence-electron chi connectivity index (χ4n) is 1.97. The number of carbonyl (C=O) groups is 1. The van der Waals surface area contributed by atoms with Crippen LogP contribution in [-0.2, 0) is 17.1 Å². The molecule has 1 aromatic heterocycles. The minimum absolute atomic E-state index is 0.0784. The van der Waals surface area contributed by atoms with Crippen molar-refractivity contribution in [3.63, 3.8) is 0 Å². The Balaban J connectivity index is 2.26. The second-order valence-corrected chi connectivity index (χ2v) is 5.42. The Morgan fingerprint density at radius 1 is 1.50 bits per heavy atom. The lowest BCUT2D eigenvalue weighted by Crippen LogP contribution is -2.31. The van der Waals surface area contributed by atoms with Crippen LogP contribution in [0.25, 0.3) is 11.0 Å². The highest BCUT2D eigenvalue weighted by molar-refractivity contribution is 7.79. The Morgan fingerprint density at radius 2 is 2.25 bits per heavy atom. The minimum atomic E-state index is -0.336. The lowest BCUT2D eigenvalue weighted by atomic mass is 10.2. The number of rotatable bonds is 5. The van der Waals surface area contributed by atoms with Gasteiger partial charge in [0.2, 0.25) is 5.91 Å². The molecule has 4 nitrogen and oxygen atoms in total. The Bertz CT molecular complexity index is 624. The van der Waals surface area contributed by atoms with E-state index in [1.165, 1.54) is 12.1 Å². The highest BCUT2D eigenvalue weighted by Gasteiger charge is 2.13. The van der Waals surface area contributed by atoms with Crippen LogP contribution in [0.5, 0.6) is 0 Å². The molecular formula is C14H18FN3OS. The molecule has 6 heteroatoms. The molecule has 1 N–H and O–H groups in total. The molecule has 0 aliphatic carbocycles. The SMILES string of the molecule is CC(C)CNC(=O)Cn1c(CS)nc2cc(F)ccc21. The second kappa shape index (κ2) is 6.26. The molecular weight excluding hydrogens is 277 g/mol. The van der Waals surface area contributed by atoms with Crippen molar-refractivity contribution >= 4 is 29.6 Å². The summed E-state index contributed by atoms with van der Waals surface area (Å²) >= 11 is 4.21. The van der Waals surface area contributed by atoms with Crippen LogP contribution in [-0.4, -0.2) is 22.0 Å². The standard InChI is InChI=1S/C14H18FN3OS/c1-9(2)6-16-14(19)7-18-12-4-3-10(15)5-11(12)17-13(18)8-20/h3-5,9,20H,6-8H2,1-2H3,(H,16,19). The number of aromatic nitrogens is 2. The van der Waals surface area contributed by atoms with E-state index in [9.17, 15) is 9.18 Å². The van der Waals surface area contributed by atoms with Gasteiger partial charge in [-0.1, -0.05) is 13.8 Å². The lowest BCUT2D eigenvalue weighted by Gasteiger charge is -2.10. The number of nitrogens with zero attached hydrogens (tertiary/aromatic N) is 2. The third kappa shape index (κ3) is 3.30. The molecule has 0 aliphatic heterocycles. The Hall–Kier alpha value is -1.56. The van der Waals surface area contributed by atoms with Crippen LogP contribution in [0, 0.1) is 11.7 Å².